The van der Waals surface area contributed by atoms with Gasteiger partial charge in [0.2, 0.25) is 5.91 Å². The van der Waals surface area contributed by atoms with Crippen molar-refractivity contribution < 1.29 is 24.2 Å². The molecule has 17 heavy (non-hydrogen) atoms. The van der Waals surface area contributed by atoms with Crippen LogP contribution in [0.2, 0.25) is 0 Å². The van der Waals surface area contributed by atoms with Gasteiger partial charge < -0.3 is 19.9 Å². The van der Waals surface area contributed by atoms with Gasteiger partial charge in [-0.2, -0.15) is 0 Å². The van der Waals surface area contributed by atoms with Crippen LogP contribution in [0.1, 0.15) is 25.7 Å². The number of methoxy groups -OCH3 is 1. The smallest absolute Gasteiger partial charge is 0.330 e. The van der Waals surface area contributed by atoms with Crippen molar-refractivity contribution in [1.29, 1.82) is 0 Å². The minimum absolute atomic E-state index is 0.145. The van der Waals surface area contributed by atoms with E-state index in [2.05, 4.69) is 10.1 Å². The molecule has 1 aliphatic heterocycles. The normalized spacial score (nSPS) is 20.9. The maximum atomic E-state index is 11.5. The van der Waals surface area contributed by atoms with Crippen LogP contribution >= 0.6 is 0 Å². The van der Waals surface area contributed by atoms with Crippen LogP contribution in [0, 0.1) is 0 Å². The number of esters is 1. The summed E-state index contributed by atoms with van der Waals surface area (Å²) in [4.78, 5) is 22.6. The third-order valence-electron chi connectivity index (χ3n) is 2.72. The van der Waals surface area contributed by atoms with Crippen LogP contribution in [-0.2, 0) is 19.1 Å². The molecule has 2 unspecified atom stereocenters. The molecule has 0 aromatic heterocycles. The summed E-state index contributed by atoms with van der Waals surface area (Å²) in [7, 11) is 1.21. The van der Waals surface area contributed by atoms with Gasteiger partial charge in [-0.1, -0.05) is 0 Å². The van der Waals surface area contributed by atoms with E-state index in [1.165, 1.54) is 7.11 Å². The van der Waals surface area contributed by atoms with E-state index in [9.17, 15) is 9.59 Å². The van der Waals surface area contributed by atoms with Gasteiger partial charge in [-0.15, -0.1) is 0 Å². The number of amides is 1. The van der Waals surface area contributed by atoms with Gasteiger partial charge in [-0.3, -0.25) is 4.79 Å². The second kappa shape index (κ2) is 7.24. The first-order valence-corrected chi connectivity index (χ1v) is 5.77. The summed E-state index contributed by atoms with van der Waals surface area (Å²) < 4.78 is 9.83. The molecule has 1 aliphatic rings. The number of nitrogens with one attached hydrogen (secondary N) is 1. The fourth-order valence-corrected chi connectivity index (χ4v) is 1.75. The molecule has 0 aromatic rings. The lowest BCUT2D eigenvalue weighted by molar-refractivity contribution is -0.146. The van der Waals surface area contributed by atoms with Crippen molar-refractivity contribution in [2.24, 2.45) is 0 Å². The first-order valence-electron chi connectivity index (χ1n) is 5.77. The van der Waals surface area contributed by atoms with Gasteiger partial charge in [-0.25, -0.2) is 4.79 Å². The molecule has 0 saturated carbocycles. The molecule has 0 spiro atoms. The minimum atomic E-state index is -0.975. The lowest BCUT2D eigenvalue weighted by atomic mass is 10.1. The zero-order valence-electron chi connectivity index (χ0n) is 9.98. The Balaban J connectivity index is 2.24. The van der Waals surface area contributed by atoms with Crippen LogP contribution in [0.3, 0.4) is 0 Å². The topological polar surface area (TPSA) is 84.9 Å². The van der Waals surface area contributed by atoms with E-state index < -0.39 is 18.6 Å². The van der Waals surface area contributed by atoms with Crippen molar-refractivity contribution in [3.8, 4) is 0 Å². The zero-order chi connectivity index (χ0) is 12.7. The third kappa shape index (κ3) is 4.70. The van der Waals surface area contributed by atoms with Crippen molar-refractivity contribution in [2.45, 2.75) is 37.8 Å². The highest BCUT2D eigenvalue weighted by Crippen LogP contribution is 2.16. The molecule has 2 N–H and O–H groups in total. The van der Waals surface area contributed by atoms with Gasteiger partial charge in [0.25, 0.3) is 0 Å². The van der Waals surface area contributed by atoms with Crippen molar-refractivity contribution in [3.05, 3.63) is 0 Å². The molecule has 1 amide bonds. The summed E-state index contributed by atoms with van der Waals surface area (Å²) in [5.74, 6) is -0.914. The molecule has 1 saturated heterocycles. The van der Waals surface area contributed by atoms with E-state index in [-0.39, 0.29) is 18.4 Å². The molecule has 1 fully saturated rings. The number of rotatable bonds is 6. The lowest BCUT2D eigenvalue weighted by Crippen LogP contribution is -2.44. The van der Waals surface area contributed by atoms with Crippen LogP contribution in [0.15, 0.2) is 0 Å². The van der Waals surface area contributed by atoms with Crippen LogP contribution in [0.25, 0.3) is 0 Å². The Morgan fingerprint density at radius 3 is 2.88 bits per heavy atom. The molecular weight excluding hydrogens is 226 g/mol. The Morgan fingerprint density at radius 2 is 2.35 bits per heavy atom. The molecule has 1 rings (SSSR count). The van der Waals surface area contributed by atoms with E-state index in [4.69, 9.17) is 9.84 Å². The number of carbonyl (C=O) groups excluding carboxylic acids is 2. The number of carbonyl (C=O) groups is 2. The predicted octanol–water partition coefficient (Wildman–Crippen LogP) is -0.404. The Kier molecular flexibility index (Phi) is 5.93. The largest absolute Gasteiger partial charge is 0.467 e. The maximum absolute atomic E-state index is 11.5. The second-order valence-corrected chi connectivity index (χ2v) is 4.00. The number of ether oxygens (including phenoxy) is 2. The highest BCUT2D eigenvalue weighted by atomic mass is 16.5. The summed E-state index contributed by atoms with van der Waals surface area (Å²) in [5, 5.41) is 11.3. The molecule has 1 heterocycles. The molecule has 0 aromatic carbocycles. The first kappa shape index (κ1) is 13.9. The molecular formula is C11H19NO5. The van der Waals surface area contributed by atoms with E-state index in [1.54, 1.807) is 0 Å². The molecule has 0 radical (unpaired) electrons. The van der Waals surface area contributed by atoms with Gasteiger partial charge in [0, 0.05) is 13.0 Å². The number of hydrogen-bond acceptors (Lipinski definition) is 5. The molecule has 2 atom stereocenters. The summed E-state index contributed by atoms with van der Waals surface area (Å²) in [6, 6.07) is -0.975. The molecule has 6 heteroatoms. The number of aliphatic hydroxyl groups is 1. The van der Waals surface area contributed by atoms with Crippen LogP contribution in [0.5, 0.6) is 0 Å². The average Bonchev–Trinajstić information content (AvgIpc) is 2.85. The van der Waals surface area contributed by atoms with E-state index in [1.807, 2.05) is 0 Å². The van der Waals surface area contributed by atoms with Crippen LogP contribution < -0.4 is 5.32 Å². The van der Waals surface area contributed by atoms with Crippen molar-refractivity contribution >= 4 is 11.9 Å². The molecule has 6 nitrogen and oxygen atoms in total. The van der Waals surface area contributed by atoms with Gasteiger partial charge in [0.05, 0.1) is 19.8 Å². The van der Waals surface area contributed by atoms with E-state index in [0.717, 1.165) is 19.4 Å². The number of aliphatic hydroxyl groups excluding tert-OH is 1. The first-order chi connectivity index (χ1) is 8.17. The van der Waals surface area contributed by atoms with Crippen molar-refractivity contribution in [1.82, 2.24) is 5.32 Å². The van der Waals surface area contributed by atoms with Crippen LogP contribution in [0.4, 0.5) is 0 Å². The summed E-state index contributed by atoms with van der Waals surface area (Å²) in [6.45, 7) is 0.298. The fourth-order valence-electron chi connectivity index (χ4n) is 1.75. The Morgan fingerprint density at radius 1 is 1.59 bits per heavy atom. The fraction of sp³-hybridized carbons (Fsp3) is 0.818. The maximum Gasteiger partial charge on any atom is 0.330 e. The monoisotopic (exact) mass is 245 g/mol. The molecule has 0 aliphatic carbocycles. The summed E-state index contributed by atoms with van der Waals surface area (Å²) in [6.07, 6.45) is 3.09. The standard InChI is InChI=1S/C11H19NO5/c1-16-11(15)9(7-13)12-10(14)5-4-8-3-2-6-17-8/h8-9,13H,2-7H2,1H3,(H,12,14). The van der Waals surface area contributed by atoms with Crippen molar-refractivity contribution in [2.75, 3.05) is 20.3 Å². The summed E-state index contributed by atoms with van der Waals surface area (Å²) in [5.41, 5.74) is 0. The Bertz CT molecular complexity index is 263. The summed E-state index contributed by atoms with van der Waals surface area (Å²) >= 11 is 0. The van der Waals surface area contributed by atoms with E-state index >= 15 is 0 Å². The zero-order valence-corrected chi connectivity index (χ0v) is 9.98. The predicted molar refractivity (Wildman–Crippen MR) is 59.2 cm³/mol. The highest BCUT2D eigenvalue weighted by Gasteiger charge is 2.22. The van der Waals surface area contributed by atoms with Gasteiger partial charge in [0.15, 0.2) is 6.04 Å². The Labute approximate surface area is 100 Å². The molecule has 0 bridgehead atoms. The number of hydrogen-bond donors (Lipinski definition) is 2. The minimum Gasteiger partial charge on any atom is -0.467 e. The van der Waals surface area contributed by atoms with Gasteiger partial charge in [-0.05, 0) is 19.3 Å². The second-order valence-electron chi connectivity index (χ2n) is 4.00. The van der Waals surface area contributed by atoms with Crippen LogP contribution in [-0.4, -0.2) is 49.5 Å². The molecule has 98 valence electrons. The third-order valence-corrected chi connectivity index (χ3v) is 2.72. The highest BCUT2D eigenvalue weighted by molar-refractivity contribution is 5.84. The Hall–Kier alpha value is -1.14. The van der Waals surface area contributed by atoms with Gasteiger partial charge >= 0.3 is 5.97 Å². The SMILES string of the molecule is COC(=O)C(CO)NC(=O)CCC1CCCO1. The van der Waals surface area contributed by atoms with E-state index in [0.29, 0.717) is 6.42 Å². The van der Waals surface area contributed by atoms with Gasteiger partial charge in [0.1, 0.15) is 0 Å². The van der Waals surface area contributed by atoms with Crippen molar-refractivity contribution in [3.63, 3.8) is 0 Å². The average molecular weight is 245 g/mol. The lowest BCUT2D eigenvalue weighted by Gasteiger charge is -2.14. The quantitative estimate of drug-likeness (QED) is 0.622.